The molecule has 0 aliphatic rings. The molecular formula is C12H27N3. The molecule has 3 heteroatoms. The average Bonchev–Trinajstić information content (AvgIpc) is 2.25. The minimum Gasteiger partial charge on any atom is -0.404 e. The minimum atomic E-state index is 0.372. The molecule has 0 aromatic carbocycles. The fourth-order valence-corrected chi connectivity index (χ4v) is 0.807. The molecule has 0 amide bonds. The van der Waals surface area contributed by atoms with Crippen molar-refractivity contribution in [2.75, 3.05) is 20.6 Å². The van der Waals surface area contributed by atoms with E-state index in [2.05, 4.69) is 30.9 Å². The molecule has 0 fully saturated rings. The molecule has 1 unspecified atom stereocenters. The first kappa shape index (κ1) is 16.6. The Kier molecular flexibility index (Phi) is 12.4. The van der Waals surface area contributed by atoms with E-state index in [1.54, 1.807) is 6.20 Å². The molecule has 0 aromatic heterocycles. The summed E-state index contributed by atoms with van der Waals surface area (Å²) in [5.74, 6) is 0. The van der Waals surface area contributed by atoms with Gasteiger partial charge in [0, 0.05) is 12.3 Å². The summed E-state index contributed by atoms with van der Waals surface area (Å²) in [5, 5.41) is 0. The molecule has 0 rings (SSSR count). The molecule has 0 aliphatic carbocycles. The third kappa shape index (κ3) is 13.2. The van der Waals surface area contributed by atoms with Crippen molar-refractivity contribution in [3.05, 3.63) is 11.8 Å². The largest absolute Gasteiger partial charge is 0.404 e. The van der Waals surface area contributed by atoms with E-state index in [1.165, 1.54) is 0 Å². The third-order valence-corrected chi connectivity index (χ3v) is 1.79. The Labute approximate surface area is 95.1 Å². The van der Waals surface area contributed by atoms with Gasteiger partial charge >= 0.3 is 0 Å². The number of rotatable bonds is 5. The van der Waals surface area contributed by atoms with Gasteiger partial charge < -0.3 is 10.6 Å². The summed E-state index contributed by atoms with van der Waals surface area (Å²) in [4.78, 5) is 6.53. The standard InChI is InChI=1S/C10H21N3.C2H6/c1-9(7-11)8-12-10(2)5-6-13(3)4;1-2/h7-8,10H,5-6,11H2,1-4H3;1-2H3/b9-7-,12-8?;. The van der Waals surface area contributed by atoms with Crippen molar-refractivity contribution in [1.82, 2.24) is 4.90 Å². The van der Waals surface area contributed by atoms with Crippen LogP contribution in [0.3, 0.4) is 0 Å². The molecule has 0 radical (unpaired) electrons. The van der Waals surface area contributed by atoms with Crippen LogP contribution in [-0.4, -0.2) is 37.8 Å². The lowest BCUT2D eigenvalue weighted by Gasteiger charge is -2.11. The lowest BCUT2D eigenvalue weighted by Crippen LogP contribution is -2.16. The van der Waals surface area contributed by atoms with Crippen molar-refractivity contribution in [1.29, 1.82) is 0 Å². The van der Waals surface area contributed by atoms with Crippen LogP contribution in [0.2, 0.25) is 0 Å². The Balaban J connectivity index is 0. The van der Waals surface area contributed by atoms with E-state index in [0.717, 1.165) is 18.5 Å². The summed E-state index contributed by atoms with van der Waals surface area (Å²) in [6.45, 7) is 9.13. The van der Waals surface area contributed by atoms with Gasteiger partial charge in [-0.2, -0.15) is 0 Å². The predicted molar refractivity (Wildman–Crippen MR) is 70.4 cm³/mol. The maximum atomic E-state index is 5.32. The third-order valence-electron chi connectivity index (χ3n) is 1.79. The highest BCUT2D eigenvalue weighted by molar-refractivity contribution is 5.77. The van der Waals surface area contributed by atoms with Gasteiger partial charge in [-0.25, -0.2) is 0 Å². The summed E-state index contributed by atoms with van der Waals surface area (Å²) in [6, 6.07) is 0.372. The number of allylic oxidation sites excluding steroid dienone is 1. The molecule has 15 heavy (non-hydrogen) atoms. The average molecular weight is 213 g/mol. The van der Waals surface area contributed by atoms with E-state index in [9.17, 15) is 0 Å². The second kappa shape index (κ2) is 11.2. The Bertz CT molecular complexity index is 183. The van der Waals surface area contributed by atoms with Crippen molar-refractivity contribution in [2.24, 2.45) is 10.7 Å². The van der Waals surface area contributed by atoms with Crippen LogP contribution in [-0.2, 0) is 0 Å². The lowest BCUT2D eigenvalue weighted by atomic mass is 10.2. The minimum absolute atomic E-state index is 0.372. The Morgan fingerprint density at radius 2 is 1.93 bits per heavy atom. The molecule has 0 spiro atoms. The SMILES string of the molecule is C/C(C=NC(C)CCN(C)C)=C/N.CC. The Hall–Kier alpha value is -0.830. The highest BCUT2D eigenvalue weighted by Crippen LogP contribution is 1.97. The van der Waals surface area contributed by atoms with Gasteiger partial charge in [0.05, 0.1) is 0 Å². The second-order valence-corrected chi connectivity index (χ2v) is 3.63. The predicted octanol–water partition coefficient (Wildman–Crippen LogP) is 2.29. The van der Waals surface area contributed by atoms with E-state index in [0.29, 0.717) is 6.04 Å². The maximum absolute atomic E-state index is 5.32. The molecule has 2 N–H and O–H groups in total. The molecule has 0 saturated carbocycles. The van der Waals surface area contributed by atoms with Crippen LogP contribution in [0, 0.1) is 0 Å². The zero-order valence-corrected chi connectivity index (χ0v) is 11.1. The number of nitrogens with two attached hydrogens (primary N) is 1. The van der Waals surface area contributed by atoms with E-state index in [-0.39, 0.29) is 0 Å². The topological polar surface area (TPSA) is 41.6 Å². The van der Waals surface area contributed by atoms with Gasteiger partial charge in [0.15, 0.2) is 0 Å². The van der Waals surface area contributed by atoms with Gasteiger partial charge in [0.25, 0.3) is 0 Å². The van der Waals surface area contributed by atoms with Crippen molar-refractivity contribution in [3.8, 4) is 0 Å². The Morgan fingerprint density at radius 1 is 1.40 bits per heavy atom. The summed E-state index contributed by atoms with van der Waals surface area (Å²) in [6.07, 6.45) is 4.49. The Morgan fingerprint density at radius 3 is 2.33 bits per heavy atom. The van der Waals surface area contributed by atoms with Crippen LogP contribution in [0.4, 0.5) is 0 Å². The van der Waals surface area contributed by atoms with Gasteiger partial charge in [-0.1, -0.05) is 13.8 Å². The second-order valence-electron chi connectivity index (χ2n) is 3.63. The van der Waals surface area contributed by atoms with Gasteiger partial charge in [-0.3, -0.25) is 4.99 Å². The molecule has 0 saturated heterocycles. The smallest absolute Gasteiger partial charge is 0.0483 e. The highest BCUT2D eigenvalue weighted by Gasteiger charge is 1.98. The fraction of sp³-hybridized carbons (Fsp3) is 0.750. The zero-order chi connectivity index (χ0) is 12.3. The van der Waals surface area contributed by atoms with Crippen LogP contribution >= 0.6 is 0 Å². The van der Waals surface area contributed by atoms with Crippen LogP contribution in [0.15, 0.2) is 16.8 Å². The van der Waals surface area contributed by atoms with Crippen molar-refractivity contribution < 1.29 is 0 Å². The van der Waals surface area contributed by atoms with E-state index in [1.807, 2.05) is 27.0 Å². The molecule has 3 nitrogen and oxygen atoms in total. The monoisotopic (exact) mass is 213 g/mol. The molecule has 1 atom stereocenters. The summed E-state index contributed by atoms with van der Waals surface area (Å²) in [5.41, 5.74) is 6.33. The first-order chi connectivity index (χ1) is 7.06. The number of aliphatic imine (C=N–C) groups is 1. The first-order valence-electron chi connectivity index (χ1n) is 5.62. The molecule has 0 aliphatic heterocycles. The fourth-order valence-electron chi connectivity index (χ4n) is 0.807. The highest BCUT2D eigenvalue weighted by atomic mass is 15.0. The van der Waals surface area contributed by atoms with Crippen molar-refractivity contribution >= 4 is 6.21 Å². The lowest BCUT2D eigenvalue weighted by molar-refractivity contribution is 0.386. The first-order valence-corrected chi connectivity index (χ1v) is 5.62. The molecular weight excluding hydrogens is 186 g/mol. The van der Waals surface area contributed by atoms with Gasteiger partial charge in [-0.15, -0.1) is 0 Å². The normalized spacial score (nSPS) is 13.9. The van der Waals surface area contributed by atoms with Crippen molar-refractivity contribution in [3.63, 3.8) is 0 Å². The van der Waals surface area contributed by atoms with Crippen molar-refractivity contribution in [2.45, 2.75) is 40.2 Å². The van der Waals surface area contributed by atoms with Gasteiger partial charge in [0.2, 0.25) is 0 Å². The van der Waals surface area contributed by atoms with Gasteiger partial charge in [0.1, 0.15) is 0 Å². The van der Waals surface area contributed by atoms with E-state index >= 15 is 0 Å². The number of nitrogens with zero attached hydrogens (tertiary/aromatic N) is 2. The van der Waals surface area contributed by atoms with Crippen LogP contribution in [0.1, 0.15) is 34.1 Å². The van der Waals surface area contributed by atoms with E-state index < -0.39 is 0 Å². The molecule has 0 bridgehead atoms. The summed E-state index contributed by atoms with van der Waals surface area (Å²) < 4.78 is 0. The van der Waals surface area contributed by atoms with Gasteiger partial charge in [-0.05, 0) is 52.7 Å². The van der Waals surface area contributed by atoms with Crippen LogP contribution < -0.4 is 5.73 Å². The van der Waals surface area contributed by atoms with E-state index in [4.69, 9.17) is 5.73 Å². The zero-order valence-electron chi connectivity index (χ0n) is 11.1. The van der Waals surface area contributed by atoms with Crippen LogP contribution in [0.5, 0.6) is 0 Å². The van der Waals surface area contributed by atoms with Crippen LogP contribution in [0.25, 0.3) is 0 Å². The number of hydrogen-bond donors (Lipinski definition) is 1. The molecule has 90 valence electrons. The molecule has 0 heterocycles. The summed E-state index contributed by atoms with van der Waals surface area (Å²) >= 11 is 0. The molecule has 0 aromatic rings. The quantitative estimate of drug-likeness (QED) is 0.712. The summed E-state index contributed by atoms with van der Waals surface area (Å²) in [7, 11) is 4.14. The maximum Gasteiger partial charge on any atom is 0.0483 e. The number of hydrogen-bond acceptors (Lipinski definition) is 3.